The van der Waals surface area contributed by atoms with Crippen LogP contribution < -0.4 is 16.5 Å². The fraction of sp³-hybridized carbons (Fsp3) is 0.350. The van der Waals surface area contributed by atoms with Crippen LogP contribution in [0.2, 0.25) is 0 Å². The lowest BCUT2D eigenvalue weighted by molar-refractivity contribution is -0.134. The molecule has 0 bridgehead atoms. The van der Waals surface area contributed by atoms with Gasteiger partial charge in [0, 0.05) is 24.2 Å². The van der Waals surface area contributed by atoms with Crippen LogP contribution in [0.4, 0.5) is 0 Å². The summed E-state index contributed by atoms with van der Waals surface area (Å²) in [4.78, 5) is 36.6. The Kier molecular flexibility index (Phi) is 7.75. The predicted molar refractivity (Wildman–Crippen MR) is 103 cm³/mol. The van der Waals surface area contributed by atoms with Crippen LogP contribution in [0.15, 0.2) is 24.3 Å². The van der Waals surface area contributed by atoms with E-state index >= 15 is 0 Å². The number of likely N-dealkylation sites (tertiary alicyclic amines) is 1. The number of nitrogens with two attached hydrogens (primary N) is 1. The summed E-state index contributed by atoms with van der Waals surface area (Å²) in [5, 5.41) is 20.6. The Morgan fingerprint density at radius 2 is 1.90 bits per heavy atom. The molecule has 9 nitrogen and oxygen atoms in total. The van der Waals surface area contributed by atoms with Crippen LogP contribution in [0.1, 0.15) is 22.8 Å². The van der Waals surface area contributed by atoms with Crippen molar-refractivity contribution in [2.75, 3.05) is 19.6 Å². The standard InChI is InChI=1S/C20H22N4O5/c1-13(25)18(20(28)23-29)22-19(27)16-8-6-14(7-9-16)4-2-3-5-15-11-24(12-15)17(26)10-21/h6-9,13,15,18,25,29H,10-12,21H2,1H3,(H,22,27)(H,23,28)/t13-,18+/m1/s1. The normalized spacial score (nSPS) is 14.8. The number of nitrogens with one attached hydrogen (secondary N) is 2. The fourth-order valence-electron chi connectivity index (χ4n) is 2.55. The first-order valence-corrected chi connectivity index (χ1v) is 8.88. The minimum atomic E-state index is -1.29. The lowest BCUT2D eigenvalue weighted by Gasteiger charge is -2.35. The average Bonchev–Trinajstić information content (AvgIpc) is 2.69. The van der Waals surface area contributed by atoms with Gasteiger partial charge in [-0.25, -0.2) is 5.48 Å². The van der Waals surface area contributed by atoms with E-state index in [2.05, 4.69) is 29.0 Å². The number of amides is 3. The van der Waals surface area contributed by atoms with E-state index in [4.69, 9.17) is 10.9 Å². The Morgan fingerprint density at radius 1 is 1.24 bits per heavy atom. The number of hydrogen-bond acceptors (Lipinski definition) is 6. The molecule has 6 N–H and O–H groups in total. The molecule has 1 aliphatic heterocycles. The van der Waals surface area contributed by atoms with Crippen molar-refractivity contribution < 1.29 is 24.7 Å². The van der Waals surface area contributed by atoms with E-state index in [0.717, 1.165) is 0 Å². The third-order valence-corrected chi connectivity index (χ3v) is 4.26. The van der Waals surface area contributed by atoms with Crippen LogP contribution in [-0.4, -0.2) is 64.7 Å². The van der Waals surface area contributed by atoms with Gasteiger partial charge >= 0.3 is 0 Å². The predicted octanol–water partition coefficient (Wildman–Crippen LogP) is -1.56. The molecule has 29 heavy (non-hydrogen) atoms. The Morgan fingerprint density at radius 3 is 2.45 bits per heavy atom. The van der Waals surface area contributed by atoms with Gasteiger partial charge < -0.3 is 21.1 Å². The van der Waals surface area contributed by atoms with E-state index in [1.54, 1.807) is 17.0 Å². The van der Waals surface area contributed by atoms with E-state index in [0.29, 0.717) is 18.7 Å². The van der Waals surface area contributed by atoms with Crippen LogP contribution in [-0.2, 0) is 9.59 Å². The number of aliphatic hydroxyl groups is 1. The summed E-state index contributed by atoms with van der Waals surface area (Å²) in [6.45, 7) is 2.45. The van der Waals surface area contributed by atoms with E-state index in [1.165, 1.54) is 24.5 Å². The summed E-state index contributed by atoms with van der Waals surface area (Å²) < 4.78 is 0. The maximum atomic E-state index is 12.2. The van der Waals surface area contributed by atoms with Crippen LogP contribution >= 0.6 is 0 Å². The van der Waals surface area contributed by atoms with Gasteiger partial charge in [-0.1, -0.05) is 11.8 Å². The highest BCUT2D eigenvalue weighted by Gasteiger charge is 2.28. The van der Waals surface area contributed by atoms with Crippen molar-refractivity contribution in [1.29, 1.82) is 0 Å². The zero-order valence-electron chi connectivity index (χ0n) is 15.8. The summed E-state index contributed by atoms with van der Waals surface area (Å²) in [5.41, 5.74) is 7.59. The van der Waals surface area contributed by atoms with Crippen molar-refractivity contribution in [2.24, 2.45) is 11.7 Å². The van der Waals surface area contributed by atoms with Crippen LogP contribution in [0.25, 0.3) is 0 Å². The number of carbonyl (C=O) groups is 3. The van der Waals surface area contributed by atoms with Gasteiger partial charge in [-0.15, -0.1) is 0 Å². The highest BCUT2D eigenvalue weighted by atomic mass is 16.5. The van der Waals surface area contributed by atoms with Gasteiger partial charge in [0.2, 0.25) is 5.91 Å². The zero-order valence-corrected chi connectivity index (χ0v) is 15.8. The van der Waals surface area contributed by atoms with Crippen LogP contribution in [0.3, 0.4) is 0 Å². The van der Waals surface area contributed by atoms with Gasteiger partial charge in [0.05, 0.1) is 18.6 Å². The quantitative estimate of drug-likeness (QED) is 0.231. The number of aliphatic hydroxyl groups excluding tert-OH is 1. The first-order chi connectivity index (χ1) is 13.8. The molecule has 152 valence electrons. The molecule has 0 saturated carbocycles. The highest BCUT2D eigenvalue weighted by Crippen LogP contribution is 2.13. The van der Waals surface area contributed by atoms with Crippen LogP contribution in [0.5, 0.6) is 0 Å². The molecule has 0 unspecified atom stereocenters. The summed E-state index contributed by atoms with van der Waals surface area (Å²) in [5.74, 6) is 9.81. The molecular formula is C20H22N4O5. The number of carbonyl (C=O) groups excluding carboxylic acids is 3. The molecular weight excluding hydrogens is 376 g/mol. The third-order valence-electron chi connectivity index (χ3n) is 4.26. The van der Waals surface area contributed by atoms with E-state index < -0.39 is 24.0 Å². The number of benzene rings is 1. The minimum Gasteiger partial charge on any atom is -0.391 e. The molecule has 0 aromatic heterocycles. The molecule has 2 rings (SSSR count). The van der Waals surface area contributed by atoms with Crippen molar-refractivity contribution >= 4 is 17.7 Å². The summed E-state index contributed by atoms with van der Waals surface area (Å²) >= 11 is 0. The maximum absolute atomic E-state index is 12.2. The molecule has 1 fully saturated rings. The van der Waals surface area contributed by atoms with E-state index in [9.17, 15) is 19.5 Å². The molecule has 0 radical (unpaired) electrons. The Bertz CT molecular complexity index is 883. The number of rotatable bonds is 5. The first-order valence-electron chi connectivity index (χ1n) is 8.88. The molecule has 0 spiro atoms. The van der Waals surface area contributed by atoms with Gasteiger partial charge in [0.1, 0.15) is 6.04 Å². The minimum absolute atomic E-state index is 0.00227. The van der Waals surface area contributed by atoms with Crippen molar-refractivity contribution in [3.8, 4) is 23.7 Å². The topological polar surface area (TPSA) is 145 Å². The zero-order chi connectivity index (χ0) is 21.4. The number of hydrogen-bond donors (Lipinski definition) is 5. The third kappa shape index (κ3) is 6.06. The summed E-state index contributed by atoms with van der Waals surface area (Å²) in [7, 11) is 0. The van der Waals surface area contributed by atoms with Gasteiger partial charge in [0.25, 0.3) is 11.8 Å². The molecule has 1 saturated heterocycles. The number of hydroxylamine groups is 1. The Hall–Kier alpha value is -3.37. The smallest absolute Gasteiger partial charge is 0.268 e. The summed E-state index contributed by atoms with van der Waals surface area (Å²) in [6.07, 6.45) is -1.19. The van der Waals surface area contributed by atoms with E-state index in [1.807, 2.05) is 0 Å². The second-order valence-electron chi connectivity index (χ2n) is 6.46. The van der Waals surface area contributed by atoms with Crippen LogP contribution in [0, 0.1) is 29.6 Å². The molecule has 3 amide bonds. The van der Waals surface area contributed by atoms with Gasteiger partial charge in [-0.05, 0) is 43.0 Å². The molecule has 1 heterocycles. The van der Waals surface area contributed by atoms with E-state index in [-0.39, 0.29) is 23.9 Å². The second kappa shape index (κ2) is 10.2. The Labute approximate surface area is 168 Å². The molecule has 1 aromatic rings. The summed E-state index contributed by atoms with van der Waals surface area (Å²) in [6, 6.07) is 5.00. The average molecular weight is 398 g/mol. The molecule has 0 aliphatic carbocycles. The Balaban J connectivity index is 1.91. The van der Waals surface area contributed by atoms with Crippen molar-refractivity contribution in [3.63, 3.8) is 0 Å². The molecule has 9 heteroatoms. The lowest BCUT2D eigenvalue weighted by Crippen LogP contribution is -2.51. The molecule has 2 atom stereocenters. The van der Waals surface area contributed by atoms with Gasteiger partial charge in [0.15, 0.2) is 0 Å². The highest BCUT2D eigenvalue weighted by molar-refractivity contribution is 5.97. The van der Waals surface area contributed by atoms with Crippen molar-refractivity contribution in [3.05, 3.63) is 35.4 Å². The SMILES string of the molecule is C[C@@H](O)[C@H](NC(=O)c1ccc(C#CC#CC2CN(C(=O)CN)C2)cc1)C(=O)NO. The largest absolute Gasteiger partial charge is 0.391 e. The molecule has 1 aliphatic rings. The fourth-order valence-corrected chi connectivity index (χ4v) is 2.55. The molecule has 1 aromatic carbocycles. The van der Waals surface area contributed by atoms with Crippen molar-refractivity contribution in [1.82, 2.24) is 15.7 Å². The second-order valence-corrected chi connectivity index (χ2v) is 6.46. The first kappa shape index (κ1) is 21.9. The number of nitrogens with zero attached hydrogens (tertiary/aromatic N) is 1. The lowest BCUT2D eigenvalue weighted by atomic mass is 10.0. The monoisotopic (exact) mass is 398 g/mol. The maximum Gasteiger partial charge on any atom is 0.268 e. The van der Waals surface area contributed by atoms with Gasteiger partial charge in [-0.3, -0.25) is 19.6 Å². The van der Waals surface area contributed by atoms with Crippen molar-refractivity contribution in [2.45, 2.75) is 19.1 Å². The van der Waals surface area contributed by atoms with Gasteiger partial charge in [-0.2, -0.15) is 0 Å².